The number of azo groups is 1. The fraction of sp³-hybridized carbons (Fsp3) is 0.667. The zero-order valence-electron chi connectivity index (χ0n) is 5.97. The molecular weight excluding hydrogens is 114 g/mol. The van der Waals surface area contributed by atoms with E-state index in [4.69, 9.17) is 0 Å². The second-order valence-electron chi connectivity index (χ2n) is 2.25. The second kappa shape index (κ2) is 2.17. The summed E-state index contributed by atoms with van der Waals surface area (Å²) in [7, 11) is 0. The van der Waals surface area contributed by atoms with Crippen molar-refractivity contribution >= 4 is 0 Å². The molecule has 1 rings (SSSR count). The molecule has 1 atom stereocenters. The lowest BCUT2D eigenvalue weighted by Crippen LogP contribution is -2.24. The first-order valence-electron chi connectivity index (χ1n) is 3.05. The van der Waals surface area contributed by atoms with Crippen molar-refractivity contribution in [1.29, 1.82) is 0 Å². The van der Waals surface area contributed by atoms with Crippen molar-refractivity contribution in [3.63, 3.8) is 0 Å². The third kappa shape index (κ3) is 1.28. The van der Waals surface area contributed by atoms with Crippen LogP contribution < -0.4 is 5.32 Å². The summed E-state index contributed by atoms with van der Waals surface area (Å²) in [5.41, 5.74) is 2.10. The van der Waals surface area contributed by atoms with E-state index in [9.17, 15) is 0 Å². The van der Waals surface area contributed by atoms with Gasteiger partial charge in [0.15, 0.2) is 0 Å². The third-order valence-electron chi connectivity index (χ3n) is 1.35. The minimum Gasteiger partial charge on any atom is -0.365 e. The maximum atomic E-state index is 3.93. The van der Waals surface area contributed by atoms with Crippen molar-refractivity contribution in [2.45, 2.75) is 26.9 Å². The van der Waals surface area contributed by atoms with Crippen LogP contribution in [0.3, 0.4) is 0 Å². The van der Waals surface area contributed by atoms with Gasteiger partial charge in [-0.05, 0) is 20.8 Å². The molecule has 1 aliphatic heterocycles. The number of hydrogen-bond donors (Lipinski definition) is 1. The highest BCUT2D eigenvalue weighted by Gasteiger charge is 2.05. The summed E-state index contributed by atoms with van der Waals surface area (Å²) in [4.78, 5) is 0. The quantitative estimate of drug-likeness (QED) is 0.525. The van der Waals surface area contributed by atoms with E-state index in [1.54, 1.807) is 0 Å². The fourth-order valence-electron chi connectivity index (χ4n) is 0.695. The van der Waals surface area contributed by atoms with Gasteiger partial charge in [0, 0.05) is 5.70 Å². The van der Waals surface area contributed by atoms with E-state index in [0.29, 0.717) is 0 Å². The van der Waals surface area contributed by atoms with Crippen molar-refractivity contribution in [3.05, 3.63) is 11.4 Å². The first kappa shape index (κ1) is 6.26. The molecule has 0 aromatic heterocycles. The minimum absolute atomic E-state index is 0.147. The Balaban J connectivity index is 2.75. The normalized spacial score (nSPS) is 26.3. The average Bonchev–Trinajstić information content (AvgIpc) is 1.80. The predicted molar refractivity (Wildman–Crippen MR) is 35.8 cm³/mol. The first-order valence-corrected chi connectivity index (χ1v) is 3.05. The molecule has 0 amide bonds. The molecule has 1 N–H and O–H groups in total. The number of rotatable bonds is 0. The van der Waals surface area contributed by atoms with E-state index in [1.807, 2.05) is 20.8 Å². The largest absolute Gasteiger partial charge is 0.365 e. The molecule has 0 aromatic rings. The van der Waals surface area contributed by atoms with E-state index in [0.717, 1.165) is 11.4 Å². The van der Waals surface area contributed by atoms with Crippen molar-refractivity contribution in [2.24, 2.45) is 10.2 Å². The molecular formula is C6H11N3. The summed E-state index contributed by atoms with van der Waals surface area (Å²) in [5.74, 6) is 0. The van der Waals surface area contributed by atoms with Gasteiger partial charge in [-0.3, -0.25) is 0 Å². The monoisotopic (exact) mass is 125 g/mol. The zero-order chi connectivity index (χ0) is 6.85. The lowest BCUT2D eigenvalue weighted by molar-refractivity contribution is 0.577. The fourth-order valence-corrected chi connectivity index (χ4v) is 0.695. The molecule has 0 saturated heterocycles. The van der Waals surface area contributed by atoms with E-state index in [-0.39, 0.29) is 6.17 Å². The van der Waals surface area contributed by atoms with Crippen LogP contribution in [-0.4, -0.2) is 6.17 Å². The van der Waals surface area contributed by atoms with E-state index < -0.39 is 0 Å². The lowest BCUT2D eigenvalue weighted by Gasteiger charge is -2.15. The maximum Gasteiger partial charge on any atom is 0.137 e. The summed E-state index contributed by atoms with van der Waals surface area (Å²) < 4.78 is 0. The Labute approximate surface area is 54.9 Å². The van der Waals surface area contributed by atoms with Crippen molar-refractivity contribution < 1.29 is 0 Å². The minimum atomic E-state index is 0.147. The molecule has 0 radical (unpaired) electrons. The Hall–Kier alpha value is -0.860. The molecule has 9 heavy (non-hydrogen) atoms. The number of nitrogens with zero attached hydrogens (tertiary/aromatic N) is 2. The summed E-state index contributed by atoms with van der Waals surface area (Å²) in [6, 6.07) is 0. The van der Waals surface area contributed by atoms with Gasteiger partial charge in [0.1, 0.15) is 6.17 Å². The predicted octanol–water partition coefficient (Wildman–Crippen LogP) is 1.64. The molecule has 1 heterocycles. The SMILES string of the molecule is CC1=C(C)NC(C)N=N1. The Bertz CT molecular complexity index is 169. The van der Waals surface area contributed by atoms with Gasteiger partial charge < -0.3 is 5.32 Å². The van der Waals surface area contributed by atoms with Crippen LogP contribution in [0, 0.1) is 0 Å². The Morgan fingerprint density at radius 2 is 2.11 bits per heavy atom. The van der Waals surface area contributed by atoms with Crippen LogP contribution in [-0.2, 0) is 0 Å². The van der Waals surface area contributed by atoms with Crippen LogP contribution in [0.5, 0.6) is 0 Å². The number of nitrogens with one attached hydrogen (secondary N) is 1. The molecule has 0 fully saturated rings. The standard InChI is InChI=1S/C6H11N3/c1-4-5(2)8-9-6(3)7-4/h6-7H,1-3H3. The van der Waals surface area contributed by atoms with Crippen molar-refractivity contribution in [2.75, 3.05) is 0 Å². The summed E-state index contributed by atoms with van der Waals surface area (Å²) in [5, 5.41) is 11.0. The van der Waals surface area contributed by atoms with Gasteiger partial charge in [-0.1, -0.05) is 0 Å². The van der Waals surface area contributed by atoms with Gasteiger partial charge in [0.05, 0.1) is 5.70 Å². The van der Waals surface area contributed by atoms with Crippen LogP contribution in [0.1, 0.15) is 20.8 Å². The highest BCUT2D eigenvalue weighted by atomic mass is 15.2. The molecule has 0 saturated carbocycles. The van der Waals surface area contributed by atoms with E-state index in [2.05, 4.69) is 15.5 Å². The molecule has 0 bridgehead atoms. The average molecular weight is 125 g/mol. The summed E-state index contributed by atoms with van der Waals surface area (Å²) in [6.07, 6.45) is 0.147. The Morgan fingerprint density at radius 1 is 1.44 bits per heavy atom. The first-order chi connectivity index (χ1) is 4.20. The highest BCUT2D eigenvalue weighted by molar-refractivity contribution is 5.08. The zero-order valence-corrected chi connectivity index (χ0v) is 5.97. The topological polar surface area (TPSA) is 36.8 Å². The smallest absolute Gasteiger partial charge is 0.137 e. The van der Waals surface area contributed by atoms with Gasteiger partial charge in [0.2, 0.25) is 0 Å². The van der Waals surface area contributed by atoms with Gasteiger partial charge in [-0.2, -0.15) is 10.2 Å². The van der Waals surface area contributed by atoms with Crippen molar-refractivity contribution in [1.82, 2.24) is 5.32 Å². The highest BCUT2D eigenvalue weighted by Crippen LogP contribution is 2.09. The Kier molecular flexibility index (Phi) is 1.51. The lowest BCUT2D eigenvalue weighted by atomic mass is 10.3. The number of hydrogen-bond acceptors (Lipinski definition) is 3. The summed E-state index contributed by atoms with van der Waals surface area (Å²) >= 11 is 0. The van der Waals surface area contributed by atoms with Gasteiger partial charge >= 0.3 is 0 Å². The third-order valence-corrected chi connectivity index (χ3v) is 1.35. The van der Waals surface area contributed by atoms with Crippen LogP contribution >= 0.6 is 0 Å². The van der Waals surface area contributed by atoms with Crippen LogP contribution in [0.25, 0.3) is 0 Å². The molecule has 1 aliphatic rings. The van der Waals surface area contributed by atoms with Crippen LogP contribution in [0.2, 0.25) is 0 Å². The summed E-state index contributed by atoms with van der Waals surface area (Å²) in [6.45, 7) is 5.92. The van der Waals surface area contributed by atoms with Gasteiger partial charge in [-0.25, -0.2) is 0 Å². The van der Waals surface area contributed by atoms with E-state index in [1.165, 1.54) is 0 Å². The number of allylic oxidation sites excluding steroid dienone is 2. The molecule has 0 aliphatic carbocycles. The second-order valence-corrected chi connectivity index (χ2v) is 2.25. The van der Waals surface area contributed by atoms with Crippen molar-refractivity contribution in [3.8, 4) is 0 Å². The molecule has 3 heteroatoms. The maximum absolute atomic E-state index is 3.93. The van der Waals surface area contributed by atoms with E-state index >= 15 is 0 Å². The Morgan fingerprint density at radius 3 is 2.56 bits per heavy atom. The molecule has 0 spiro atoms. The molecule has 50 valence electrons. The van der Waals surface area contributed by atoms with Gasteiger partial charge in [0.25, 0.3) is 0 Å². The molecule has 1 unspecified atom stereocenters. The van der Waals surface area contributed by atoms with Gasteiger partial charge in [-0.15, -0.1) is 0 Å². The van der Waals surface area contributed by atoms with Crippen LogP contribution in [0.4, 0.5) is 0 Å². The van der Waals surface area contributed by atoms with Crippen LogP contribution in [0.15, 0.2) is 21.6 Å². The molecule has 0 aromatic carbocycles. The molecule has 3 nitrogen and oxygen atoms in total.